The minimum absolute atomic E-state index is 0.242. The molecule has 0 bridgehead atoms. The fraction of sp³-hybridized carbons (Fsp3) is 0.933. The van der Waals surface area contributed by atoms with E-state index in [2.05, 4.69) is 24.5 Å². The summed E-state index contributed by atoms with van der Waals surface area (Å²) in [6, 6.07) is 0.963. The van der Waals surface area contributed by atoms with Crippen molar-refractivity contribution in [3.63, 3.8) is 0 Å². The number of nitrogens with one attached hydrogen (secondary N) is 2. The zero-order chi connectivity index (χ0) is 13.2. The predicted molar refractivity (Wildman–Crippen MR) is 76.6 cm³/mol. The Bertz CT molecular complexity index is 223. The average molecular weight is 254 g/mol. The molecular weight excluding hydrogens is 224 g/mol. The van der Waals surface area contributed by atoms with Crippen LogP contribution in [-0.4, -0.2) is 24.5 Å². The standard InChI is InChI=1S/C15H30N2O/c1-3-4-5-6-7-8-9-15(18)17-14-11-10-13(2)16-12-14/h13-14,16H,3-12H2,1-2H3,(H,17,18). The number of hydrogen-bond acceptors (Lipinski definition) is 2. The highest BCUT2D eigenvalue weighted by molar-refractivity contribution is 5.76. The number of hydrogen-bond donors (Lipinski definition) is 2. The van der Waals surface area contributed by atoms with Gasteiger partial charge in [-0.05, 0) is 26.2 Å². The van der Waals surface area contributed by atoms with Crippen LogP contribution >= 0.6 is 0 Å². The summed E-state index contributed by atoms with van der Waals surface area (Å²) in [7, 11) is 0. The second-order valence-corrected chi connectivity index (χ2v) is 5.67. The molecule has 1 amide bonds. The third-order valence-electron chi connectivity index (χ3n) is 3.78. The molecule has 18 heavy (non-hydrogen) atoms. The summed E-state index contributed by atoms with van der Waals surface area (Å²) in [5.41, 5.74) is 0. The van der Waals surface area contributed by atoms with Crippen molar-refractivity contribution < 1.29 is 4.79 Å². The fourth-order valence-corrected chi connectivity index (χ4v) is 2.49. The maximum Gasteiger partial charge on any atom is 0.220 e. The van der Waals surface area contributed by atoms with Gasteiger partial charge in [0, 0.05) is 25.0 Å². The van der Waals surface area contributed by atoms with Crippen LogP contribution in [0.4, 0.5) is 0 Å². The molecule has 0 radical (unpaired) electrons. The third kappa shape index (κ3) is 7.00. The molecule has 3 nitrogen and oxygen atoms in total. The molecule has 106 valence electrons. The second-order valence-electron chi connectivity index (χ2n) is 5.67. The Kier molecular flexibility index (Phi) is 8.06. The van der Waals surface area contributed by atoms with E-state index in [-0.39, 0.29) is 5.91 Å². The molecule has 2 N–H and O–H groups in total. The zero-order valence-electron chi connectivity index (χ0n) is 12.1. The first-order chi connectivity index (χ1) is 8.72. The van der Waals surface area contributed by atoms with Crippen molar-refractivity contribution in [2.75, 3.05) is 6.54 Å². The summed E-state index contributed by atoms with van der Waals surface area (Å²) < 4.78 is 0. The SMILES string of the molecule is CCCCCCCCC(=O)NC1CCC(C)NC1. The van der Waals surface area contributed by atoms with Crippen LogP contribution in [-0.2, 0) is 4.79 Å². The Balaban J connectivity index is 1.97. The van der Waals surface area contributed by atoms with Crippen LogP contribution in [0.25, 0.3) is 0 Å². The fourth-order valence-electron chi connectivity index (χ4n) is 2.49. The highest BCUT2D eigenvalue weighted by Crippen LogP contribution is 2.09. The van der Waals surface area contributed by atoms with Gasteiger partial charge in [0.2, 0.25) is 5.91 Å². The molecule has 1 aliphatic rings. The van der Waals surface area contributed by atoms with Crippen molar-refractivity contribution in [1.82, 2.24) is 10.6 Å². The van der Waals surface area contributed by atoms with Gasteiger partial charge in [0.1, 0.15) is 0 Å². The smallest absolute Gasteiger partial charge is 0.220 e. The van der Waals surface area contributed by atoms with Crippen molar-refractivity contribution in [2.45, 2.75) is 83.7 Å². The highest BCUT2D eigenvalue weighted by atomic mass is 16.1. The van der Waals surface area contributed by atoms with Gasteiger partial charge in [-0.2, -0.15) is 0 Å². The second kappa shape index (κ2) is 9.37. The first-order valence-electron chi connectivity index (χ1n) is 7.75. The van der Waals surface area contributed by atoms with Gasteiger partial charge in [-0.1, -0.05) is 39.0 Å². The van der Waals surface area contributed by atoms with E-state index in [0.29, 0.717) is 18.5 Å². The molecule has 0 saturated carbocycles. The lowest BCUT2D eigenvalue weighted by Gasteiger charge is -2.28. The molecule has 2 unspecified atom stereocenters. The van der Waals surface area contributed by atoms with Crippen molar-refractivity contribution in [2.24, 2.45) is 0 Å². The Morgan fingerprint density at radius 3 is 2.56 bits per heavy atom. The van der Waals surface area contributed by atoms with Gasteiger partial charge in [-0.3, -0.25) is 4.79 Å². The lowest BCUT2D eigenvalue weighted by Crippen LogP contribution is -2.48. The predicted octanol–water partition coefficient (Wildman–Crippen LogP) is 2.99. The Hall–Kier alpha value is -0.570. The Morgan fingerprint density at radius 2 is 1.89 bits per heavy atom. The number of rotatable bonds is 8. The van der Waals surface area contributed by atoms with E-state index in [1.54, 1.807) is 0 Å². The molecule has 1 saturated heterocycles. The van der Waals surface area contributed by atoms with E-state index in [0.717, 1.165) is 19.4 Å². The number of unbranched alkanes of at least 4 members (excludes halogenated alkanes) is 5. The molecule has 0 aromatic carbocycles. The van der Waals surface area contributed by atoms with Crippen LogP contribution in [0.5, 0.6) is 0 Å². The van der Waals surface area contributed by atoms with Crippen LogP contribution in [0.15, 0.2) is 0 Å². The molecule has 0 aliphatic carbocycles. The molecular formula is C15H30N2O. The van der Waals surface area contributed by atoms with E-state index < -0.39 is 0 Å². The largest absolute Gasteiger partial charge is 0.352 e. The Morgan fingerprint density at radius 1 is 1.17 bits per heavy atom. The maximum absolute atomic E-state index is 11.7. The summed E-state index contributed by atoms with van der Waals surface area (Å²) in [5.74, 6) is 0.242. The van der Waals surface area contributed by atoms with Crippen molar-refractivity contribution in [3.8, 4) is 0 Å². The van der Waals surface area contributed by atoms with E-state index in [1.165, 1.54) is 38.5 Å². The molecule has 2 atom stereocenters. The number of carbonyl (C=O) groups is 1. The van der Waals surface area contributed by atoms with Gasteiger partial charge in [0.05, 0.1) is 0 Å². The lowest BCUT2D eigenvalue weighted by molar-refractivity contribution is -0.122. The lowest BCUT2D eigenvalue weighted by atomic mass is 10.0. The van der Waals surface area contributed by atoms with Crippen LogP contribution in [0.3, 0.4) is 0 Å². The van der Waals surface area contributed by atoms with Gasteiger partial charge in [-0.15, -0.1) is 0 Å². The number of piperidine rings is 1. The van der Waals surface area contributed by atoms with Crippen molar-refractivity contribution in [1.29, 1.82) is 0 Å². The van der Waals surface area contributed by atoms with Crippen LogP contribution in [0.1, 0.15) is 71.6 Å². The molecule has 0 aromatic heterocycles. The minimum atomic E-state index is 0.242. The normalized spacial score (nSPS) is 23.9. The van der Waals surface area contributed by atoms with E-state index in [1.807, 2.05) is 0 Å². The topological polar surface area (TPSA) is 41.1 Å². The van der Waals surface area contributed by atoms with Crippen molar-refractivity contribution in [3.05, 3.63) is 0 Å². The van der Waals surface area contributed by atoms with Crippen molar-refractivity contribution >= 4 is 5.91 Å². The van der Waals surface area contributed by atoms with Gasteiger partial charge in [0.25, 0.3) is 0 Å². The number of amides is 1. The quantitative estimate of drug-likeness (QED) is 0.654. The summed E-state index contributed by atoms with van der Waals surface area (Å²) in [6.45, 7) is 5.37. The van der Waals surface area contributed by atoms with Gasteiger partial charge in [-0.25, -0.2) is 0 Å². The molecule has 1 fully saturated rings. The molecule has 1 aliphatic heterocycles. The Labute approximate surface area is 112 Å². The van der Waals surface area contributed by atoms with Gasteiger partial charge >= 0.3 is 0 Å². The molecule has 3 heteroatoms. The van der Waals surface area contributed by atoms with Gasteiger partial charge < -0.3 is 10.6 Å². The van der Waals surface area contributed by atoms with E-state index in [9.17, 15) is 4.79 Å². The third-order valence-corrected chi connectivity index (χ3v) is 3.78. The molecule has 0 aromatic rings. The van der Waals surface area contributed by atoms with Gasteiger partial charge in [0.15, 0.2) is 0 Å². The summed E-state index contributed by atoms with van der Waals surface area (Å²) >= 11 is 0. The highest BCUT2D eigenvalue weighted by Gasteiger charge is 2.18. The van der Waals surface area contributed by atoms with Crippen LogP contribution in [0, 0.1) is 0 Å². The molecule has 1 rings (SSSR count). The zero-order valence-corrected chi connectivity index (χ0v) is 12.1. The van der Waals surface area contributed by atoms with E-state index in [4.69, 9.17) is 0 Å². The van der Waals surface area contributed by atoms with Crippen LogP contribution in [0.2, 0.25) is 0 Å². The monoisotopic (exact) mass is 254 g/mol. The summed E-state index contributed by atoms with van der Waals surface area (Å²) in [4.78, 5) is 11.7. The van der Waals surface area contributed by atoms with E-state index >= 15 is 0 Å². The summed E-state index contributed by atoms with van der Waals surface area (Å²) in [6.07, 6.45) is 10.5. The first-order valence-corrected chi connectivity index (χ1v) is 7.75. The average Bonchev–Trinajstić information content (AvgIpc) is 2.36. The minimum Gasteiger partial charge on any atom is -0.352 e. The first kappa shape index (κ1) is 15.5. The number of carbonyl (C=O) groups excluding carboxylic acids is 1. The maximum atomic E-state index is 11.7. The van der Waals surface area contributed by atoms with Crippen LogP contribution < -0.4 is 10.6 Å². The molecule has 1 heterocycles. The molecule has 0 spiro atoms. The summed E-state index contributed by atoms with van der Waals surface area (Å²) in [5, 5.41) is 6.55.